The average molecular weight is 330 g/mol. The first-order chi connectivity index (χ1) is 11.3. The molecule has 1 fully saturated rings. The second kappa shape index (κ2) is 6.16. The van der Waals surface area contributed by atoms with Crippen molar-refractivity contribution >= 4 is 11.8 Å². The van der Waals surface area contributed by atoms with Crippen LogP contribution in [0.1, 0.15) is 66.2 Å². The third-order valence-electron chi connectivity index (χ3n) is 7.43. The molecule has 0 saturated heterocycles. The zero-order valence-electron chi connectivity index (χ0n) is 15.5. The van der Waals surface area contributed by atoms with Crippen LogP contribution in [0.25, 0.3) is 0 Å². The quantitative estimate of drug-likeness (QED) is 0.707. The van der Waals surface area contributed by atoms with E-state index in [4.69, 9.17) is 4.74 Å². The minimum atomic E-state index is -0.152. The van der Waals surface area contributed by atoms with E-state index in [1.54, 1.807) is 0 Å². The maximum atomic E-state index is 12.3. The molecule has 0 spiro atoms. The number of fused-ring (bicyclic) bond motifs is 1. The zero-order valence-corrected chi connectivity index (χ0v) is 15.5. The molecular weight excluding hydrogens is 300 g/mol. The van der Waals surface area contributed by atoms with Gasteiger partial charge in [0.2, 0.25) is 0 Å². The summed E-state index contributed by atoms with van der Waals surface area (Å²) in [5.41, 5.74) is 2.30. The molecule has 0 aromatic heterocycles. The van der Waals surface area contributed by atoms with Gasteiger partial charge in [-0.3, -0.25) is 4.79 Å². The Kier molecular flexibility index (Phi) is 4.48. The van der Waals surface area contributed by atoms with Gasteiger partial charge in [0.1, 0.15) is 6.61 Å². The van der Waals surface area contributed by atoms with Crippen LogP contribution in [0.5, 0.6) is 0 Å². The van der Waals surface area contributed by atoms with E-state index in [1.165, 1.54) is 18.4 Å². The standard InChI is InChI=1S/C21H30O3/c1-5-16-7-10-20(3)14(2)12-17(22)13-18(20)21(16,4)9-6-15-8-11-24-19(15)23/h8,12,16,18H,5-7,9-11,13H2,1-4H3/t16-,18-,20-,21-/m1/s1. The smallest absolute Gasteiger partial charge is 0.334 e. The van der Waals surface area contributed by atoms with E-state index in [0.717, 1.165) is 24.8 Å². The molecule has 1 aliphatic heterocycles. The summed E-state index contributed by atoms with van der Waals surface area (Å²) in [6.45, 7) is 9.54. The van der Waals surface area contributed by atoms with Crippen molar-refractivity contribution in [2.75, 3.05) is 6.61 Å². The molecule has 1 heterocycles. The van der Waals surface area contributed by atoms with Crippen molar-refractivity contribution in [1.82, 2.24) is 0 Å². The molecule has 3 heteroatoms. The maximum Gasteiger partial charge on any atom is 0.334 e. The summed E-state index contributed by atoms with van der Waals surface area (Å²) < 4.78 is 5.06. The van der Waals surface area contributed by atoms with Gasteiger partial charge in [0.15, 0.2) is 5.78 Å². The van der Waals surface area contributed by atoms with Gasteiger partial charge in [0, 0.05) is 12.0 Å². The first-order valence-electron chi connectivity index (χ1n) is 9.39. The maximum absolute atomic E-state index is 12.3. The molecule has 3 rings (SSSR count). The predicted molar refractivity (Wildman–Crippen MR) is 94.4 cm³/mol. The lowest BCUT2D eigenvalue weighted by atomic mass is 9.46. The van der Waals surface area contributed by atoms with Crippen LogP contribution < -0.4 is 0 Å². The molecule has 3 nitrogen and oxygen atoms in total. The summed E-state index contributed by atoms with van der Waals surface area (Å²) >= 11 is 0. The fraction of sp³-hybridized carbons (Fsp3) is 0.714. The van der Waals surface area contributed by atoms with E-state index in [0.29, 0.717) is 24.9 Å². The number of hydrogen-bond donors (Lipinski definition) is 0. The van der Waals surface area contributed by atoms with E-state index in [1.807, 2.05) is 12.2 Å². The van der Waals surface area contributed by atoms with Crippen LogP contribution in [0.3, 0.4) is 0 Å². The molecule has 2 aliphatic carbocycles. The van der Waals surface area contributed by atoms with E-state index >= 15 is 0 Å². The number of carbonyl (C=O) groups excluding carboxylic acids is 2. The van der Waals surface area contributed by atoms with Gasteiger partial charge < -0.3 is 4.74 Å². The first kappa shape index (κ1) is 17.4. The third-order valence-corrected chi connectivity index (χ3v) is 7.43. The number of ketones is 1. The number of carbonyl (C=O) groups is 2. The van der Waals surface area contributed by atoms with Crippen molar-refractivity contribution in [2.24, 2.45) is 22.7 Å². The molecule has 3 aliphatic rings. The SMILES string of the molecule is CC[C@@H]1CC[C@]2(C)C(C)=CC(=O)C[C@H]2[C@]1(C)CCC1=CCOC1=O. The Morgan fingerprint density at radius 2 is 2.04 bits per heavy atom. The molecule has 0 N–H and O–H groups in total. The lowest BCUT2D eigenvalue weighted by molar-refractivity contribution is -0.136. The van der Waals surface area contributed by atoms with Crippen molar-refractivity contribution in [2.45, 2.75) is 66.2 Å². The van der Waals surface area contributed by atoms with E-state index in [2.05, 4.69) is 27.7 Å². The number of cyclic esters (lactones) is 1. The van der Waals surface area contributed by atoms with Gasteiger partial charge in [-0.1, -0.05) is 32.8 Å². The molecule has 0 radical (unpaired) electrons. The monoisotopic (exact) mass is 330 g/mol. The Labute approximate surface area is 145 Å². The highest BCUT2D eigenvalue weighted by atomic mass is 16.5. The number of rotatable bonds is 4. The Bertz CT molecular complexity index is 615. The highest BCUT2D eigenvalue weighted by molar-refractivity contribution is 5.92. The van der Waals surface area contributed by atoms with Gasteiger partial charge in [-0.2, -0.15) is 0 Å². The molecule has 0 amide bonds. The minimum Gasteiger partial charge on any atom is -0.458 e. The lowest BCUT2D eigenvalue weighted by Crippen LogP contribution is -2.51. The van der Waals surface area contributed by atoms with E-state index in [9.17, 15) is 9.59 Å². The van der Waals surface area contributed by atoms with Crippen LogP contribution in [-0.2, 0) is 14.3 Å². The van der Waals surface area contributed by atoms with Crippen molar-refractivity contribution in [3.8, 4) is 0 Å². The lowest BCUT2D eigenvalue weighted by Gasteiger charge is -2.58. The fourth-order valence-electron chi connectivity index (χ4n) is 5.64. The van der Waals surface area contributed by atoms with Crippen LogP contribution in [0, 0.1) is 22.7 Å². The molecule has 1 saturated carbocycles. The zero-order chi connectivity index (χ0) is 17.5. The average Bonchev–Trinajstić information content (AvgIpc) is 2.94. The Morgan fingerprint density at radius 3 is 2.67 bits per heavy atom. The third kappa shape index (κ3) is 2.66. The highest BCUT2D eigenvalue weighted by Crippen LogP contribution is 2.62. The Balaban J connectivity index is 1.90. The van der Waals surface area contributed by atoms with Crippen molar-refractivity contribution in [3.63, 3.8) is 0 Å². The number of ether oxygens (including phenoxy) is 1. The number of hydrogen-bond acceptors (Lipinski definition) is 3. The molecule has 0 aromatic carbocycles. The van der Waals surface area contributed by atoms with Gasteiger partial charge in [-0.25, -0.2) is 4.79 Å². The van der Waals surface area contributed by atoms with Gasteiger partial charge in [-0.15, -0.1) is 0 Å². The fourth-order valence-corrected chi connectivity index (χ4v) is 5.64. The van der Waals surface area contributed by atoms with Crippen LogP contribution in [0.15, 0.2) is 23.3 Å². The Morgan fingerprint density at radius 1 is 1.29 bits per heavy atom. The van der Waals surface area contributed by atoms with E-state index < -0.39 is 0 Å². The highest BCUT2D eigenvalue weighted by Gasteiger charge is 2.55. The summed E-state index contributed by atoms with van der Waals surface area (Å²) in [5, 5.41) is 0. The van der Waals surface area contributed by atoms with Crippen LogP contribution in [0.4, 0.5) is 0 Å². The molecule has 0 unspecified atom stereocenters. The van der Waals surface area contributed by atoms with Crippen molar-refractivity contribution < 1.29 is 14.3 Å². The Hall–Kier alpha value is -1.38. The molecule has 24 heavy (non-hydrogen) atoms. The topological polar surface area (TPSA) is 43.4 Å². The molecule has 4 atom stereocenters. The van der Waals surface area contributed by atoms with Gasteiger partial charge in [0.25, 0.3) is 0 Å². The van der Waals surface area contributed by atoms with Crippen LogP contribution >= 0.6 is 0 Å². The van der Waals surface area contributed by atoms with E-state index in [-0.39, 0.29) is 22.6 Å². The number of allylic oxidation sites excluding steroid dienone is 2. The molecule has 0 bridgehead atoms. The van der Waals surface area contributed by atoms with Gasteiger partial charge in [-0.05, 0) is 67.4 Å². The molecule has 0 aromatic rings. The molecule has 132 valence electrons. The first-order valence-corrected chi connectivity index (χ1v) is 9.39. The largest absolute Gasteiger partial charge is 0.458 e. The molecular formula is C21H30O3. The minimum absolute atomic E-state index is 0.0939. The van der Waals surface area contributed by atoms with Gasteiger partial charge in [0.05, 0.1) is 0 Å². The predicted octanol–water partition coefficient (Wildman–Crippen LogP) is 4.62. The summed E-state index contributed by atoms with van der Waals surface area (Å²) in [5.74, 6) is 1.12. The summed E-state index contributed by atoms with van der Waals surface area (Å²) in [4.78, 5) is 24.1. The second-order valence-electron chi connectivity index (χ2n) is 8.45. The van der Waals surface area contributed by atoms with Gasteiger partial charge >= 0.3 is 5.97 Å². The summed E-state index contributed by atoms with van der Waals surface area (Å²) in [6, 6.07) is 0. The second-order valence-corrected chi connectivity index (χ2v) is 8.45. The van der Waals surface area contributed by atoms with Crippen molar-refractivity contribution in [1.29, 1.82) is 0 Å². The van der Waals surface area contributed by atoms with Crippen LogP contribution in [0.2, 0.25) is 0 Å². The summed E-state index contributed by atoms with van der Waals surface area (Å²) in [7, 11) is 0. The number of esters is 1. The van der Waals surface area contributed by atoms with Crippen molar-refractivity contribution in [3.05, 3.63) is 23.3 Å². The normalized spacial score (nSPS) is 39.2. The summed E-state index contributed by atoms with van der Waals surface area (Å²) in [6.07, 6.45) is 9.72. The van der Waals surface area contributed by atoms with Crippen LogP contribution in [-0.4, -0.2) is 18.4 Å².